The van der Waals surface area contributed by atoms with Gasteiger partial charge in [0.15, 0.2) is 0 Å². The molecule has 1 amide bonds. The fourth-order valence-electron chi connectivity index (χ4n) is 1.63. The van der Waals surface area contributed by atoms with Gasteiger partial charge in [0.1, 0.15) is 5.82 Å². The number of carbonyl (C=O) groups is 1. The van der Waals surface area contributed by atoms with Crippen LogP contribution < -0.4 is 10.6 Å². The summed E-state index contributed by atoms with van der Waals surface area (Å²) >= 11 is 0. The first-order valence-electron chi connectivity index (χ1n) is 5.88. The van der Waals surface area contributed by atoms with E-state index in [9.17, 15) is 4.79 Å². The van der Waals surface area contributed by atoms with Gasteiger partial charge in [-0.05, 0) is 19.1 Å². The standard InChI is InChI=1S/C14H14N4O/c1-3-8-15-13(19)9-16-14-10(2)17-11-6-4-5-7-12(11)18-14/h1,4-7H,8-9H2,2H3,(H,15,19)(H,16,18). The van der Waals surface area contributed by atoms with Gasteiger partial charge in [0, 0.05) is 0 Å². The number of nitrogens with one attached hydrogen (secondary N) is 2. The fourth-order valence-corrected chi connectivity index (χ4v) is 1.63. The Kier molecular flexibility index (Phi) is 3.94. The van der Waals surface area contributed by atoms with Crippen LogP contribution in [0.25, 0.3) is 11.0 Å². The summed E-state index contributed by atoms with van der Waals surface area (Å²) in [6.45, 7) is 2.19. The maximum atomic E-state index is 11.4. The van der Waals surface area contributed by atoms with E-state index in [1.165, 1.54) is 0 Å². The fraction of sp³-hybridized carbons (Fsp3) is 0.214. The molecule has 1 aromatic carbocycles. The molecule has 0 aliphatic heterocycles. The number of para-hydroxylation sites is 2. The Hall–Kier alpha value is -2.61. The van der Waals surface area contributed by atoms with Crippen molar-refractivity contribution in [3.8, 4) is 12.3 Å². The molecule has 0 radical (unpaired) electrons. The molecule has 1 aromatic heterocycles. The van der Waals surface area contributed by atoms with Gasteiger partial charge in [-0.3, -0.25) is 4.79 Å². The van der Waals surface area contributed by atoms with Crippen molar-refractivity contribution < 1.29 is 4.79 Å². The number of nitrogens with zero attached hydrogens (tertiary/aromatic N) is 2. The van der Waals surface area contributed by atoms with Gasteiger partial charge < -0.3 is 10.6 Å². The third-order valence-electron chi connectivity index (χ3n) is 2.55. The molecule has 1 heterocycles. The van der Waals surface area contributed by atoms with E-state index < -0.39 is 0 Å². The van der Waals surface area contributed by atoms with Crippen LogP contribution in [0.5, 0.6) is 0 Å². The Labute approximate surface area is 111 Å². The molecular weight excluding hydrogens is 240 g/mol. The average molecular weight is 254 g/mol. The molecule has 0 aliphatic rings. The number of hydrogen-bond donors (Lipinski definition) is 2. The van der Waals surface area contributed by atoms with Gasteiger partial charge in [-0.2, -0.15) is 0 Å². The van der Waals surface area contributed by atoms with E-state index in [0.717, 1.165) is 16.7 Å². The highest BCUT2D eigenvalue weighted by Crippen LogP contribution is 2.15. The third kappa shape index (κ3) is 3.19. The maximum Gasteiger partial charge on any atom is 0.240 e. The smallest absolute Gasteiger partial charge is 0.240 e. The average Bonchev–Trinajstić information content (AvgIpc) is 2.42. The number of benzene rings is 1. The third-order valence-corrected chi connectivity index (χ3v) is 2.55. The first-order chi connectivity index (χ1) is 9.20. The van der Waals surface area contributed by atoms with Crippen LogP contribution in [0.2, 0.25) is 0 Å². The molecule has 0 atom stereocenters. The molecule has 5 nitrogen and oxygen atoms in total. The van der Waals surface area contributed by atoms with Gasteiger partial charge in [-0.1, -0.05) is 18.1 Å². The molecule has 0 aliphatic carbocycles. The normalized spacial score (nSPS) is 9.89. The highest BCUT2D eigenvalue weighted by Gasteiger charge is 2.06. The lowest BCUT2D eigenvalue weighted by atomic mass is 10.3. The summed E-state index contributed by atoms with van der Waals surface area (Å²) in [7, 11) is 0. The minimum absolute atomic E-state index is 0.121. The predicted octanol–water partition coefficient (Wildman–Crippen LogP) is 1.10. The second kappa shape index (κ2) is 5.83. The van der Waals surface area contributed by atoms with Crippen molar-refractivity contribution in [1.29, 1.82) is 0 Å². The number of carbonyl (C=O) groups excluding carboxylic acids is 1. The van der Waals surface area contributed by atoms with Gasteiger partial charge in [0.25, 0.3) is 0 Å². The second-order valence-electron chi connectivity index (χ2n) is 3.98. The summed E-state index contributed by atoms with van der Waals surface area (Å²) < 4.78 is 0. The van der Waals surface area contributed by atoms with Crippen molar-refractivity contribution in [1.82, 2.24) is 15.3 Å². The number of aromatic nitrogens is 2. The molecule has 0 saturated heterocycles. The van der Waals surface area contributed by atoms with Crippen LogP contribution in [0.15, 0.2) is 24.3 Å². The van der Waals surface area contributed by atoms with Crippen molar-refractivity contribution in [3.63, 3.8) is 0 Å². The zero-order valence-electron chi connectivity index (χ0n) is 10.6. The molecule has 2 N–H and O–H groups in total. The SMILES string of the molecule is C#CCNC(=O)CNc1nc2ccccc2nc1C. The molecule has 0 spiro atoms. The largest absolute Gasteiger partial charge is 0.359 e. The monoisotopic (exact) mass is 254 g/mol. The minimum atomic E-state index is -0.174. The Morgan fingerprint density at radius 2 is 2.00 bits per heavy atom. The Bertz CT molecular complexity index is 645. The van der Waals surface area contributed by atoms with E-state index in [4.69, 9.17) is 6.42 Å². The van der Waals surface area contributed by atoms with Crippen molar-refractivity contribution in [2.24, 2.45) is 0 Å². The van der Waals surface area contributed by atoms with Crippen molar-refractivity contribution in [3.05, 3.63) is 30.0 Å². The quantitative estimate of drug-likeness (QED) is 0.802. The first-order valence-corrected chi connectivity index (χ1v) is 5.88. The number of terminal acetylenes is 1. The lowest BCUT2D eigenvalue weighted by Crippen LogP contribution is -2.30. The van der Waals surface area contributed by atoms with Crippen LogP contribution >= 0.6 is 0 Å². The van der Waals surface area contributed by atoms with Crippen LogP contribution in [-0.2, 0) is 4.79 Å². The van der Waals surface area contributed by atoms with E-state index in [1.807, 2.05) is 31.2 Å². The zero-order chi connectivity index (χ0) is 13.7. The van der Waals surface area contributed by atoms with Gasteiger partial charge in [0.05, 0.1) is 29.8 Å². The molecule has 19 heavy (non-hydrogen) atoms. The molecule has 2 rings (SSSR count). The first kappa shape index (κ1) is 12.8. The van der Waals surface area contributed by atoms with Gasteiger partial charge in [0.2, 0.25) is 5.91 Å². The summed E-state index contributed by atoms with van der Waals surface area (Å²) in [5.74, 6) is 2.78. The Balaban J connectivity index is 2.10. The molecular formula is C14H14N4O. The van der Waals surface area contributed by atoms with E-state index in [1.54, 1.807) is 0 Å². The molecule has 2 aromatic rings. The summed E-state index contributed by atoms with van der Waals surface area (Å²) in [6, 6.07) is 7.59. The van der Waals surface area contributed by atoms with Crippen molar-refractivity contribution >= 4 is 22.8 Å². The van der Waals surface area contributed by atoms with Crippen molar-refractivity contribution in [2.45, 2.75) is 6.92 Å². The number of aryl methyl sites for hydroxylation is 1. The topological polar surface area (TPSA) is 66.9 Å². The molecule has 5 heteroatoms. The lowest BCUT2D eigenvalue weighted by Gasteiger charge is -2.08. The van der Waals surface area contributed by atoms with Crippen LogP contribution in [0, 0.1) is 19.3 Å². The predicted molar refractivity (Wildman–Crippen MR) is 74.6 cm³/mol. The van der Waals surface area contributed by atoms with E-state index in [0.29, 0.717) is 5.82 Å². The van der Waals surface area contributed by atoms with Gasteiger partial charge in [-0.15, -0.1) is 6.42 Å². The lowest BCUT2D eigenvalue weighted by molar-refractivity contribution is -0.119. The van der Waals surface area contributed by atoms with Crippen LogP contribution in [0.1, 0.15) is 5.69 Å². The molecule has 0 bridgehead atoms. The molecule has 96 valence electrons. The summed E-state index contributed by atoms with van der Waals surface area (Å²) in [4.78, 5) is 20.3. The van der Waals surface area contributed by atoms with Crippen LogP contribution in [0.4, 0.5) is 5.82 Å². The highest BCUT2D eigenvalue weighted by molar-refractivity contribution is 5.81. The number of amides is 1. The Morgan fingerprint density at radius 1 is 1.32 bits per heavy atom. The number of rotatable bonds is 4. The van der Waals surface area contributed by atoms with Gasteiger partial charge >= 0.3 is 0 Å². The van der Waals surface area contributed by atoms with Crippen LogP contribution in [-0.4, -0.2) is 29.0 Å². The molecule has 0 fully saturated rings. The number of hydrogen-bond acceptors (Lipinski definition) is 4. The number of fused-ring (bicyclic) bond motifs is 1. The Morgan fingerprint density at radius 3 is 2.68 bits per heavy atom. The second-order valence-corrected chi connectivity index (χ2v) is 3.98. The van der Waals surface area contributed by atoms with E-state index in [-0.39, 0.29) is 19.0 Å². The van der Waals surface area contributed by atoms with Crippen molar-refractivity contribution in [2.75, 3.05) is 18.4 Å². The zero-order valence-corrected chi connectivity index (χ0v) is 10.6. The summed E-state index contributed by atoms with van der Waals surface area (Å²) in [5.41, 5.74) is 2.38. The van der Waals surface area contributed by atoms with E-state index in [2.05, 4.69) is 26.5 Å². The minimum Gasteiger partial charge on any atom is -0.359 e. The molecule has 0 unspecified atom stereocenters. The highest BCUT2D eigenvalue weighted by atomic mass is 16.1. The summed E-state index contributed by atoms with van der Waals surface area (Å²) in [6.07, 6.45) is 5.06. The van der Waals surface area contributed by atoms with Gasteiger partial charge in [-0.25, -0.2) is 9.97 Å². The molecule has 0 saturated carbocycles. The van der Waals surface area contributed by atoms with E-state index >= 15 is 0 Å². The maximum absolute atomic E-state index is 11.4. The number of anilines is 1. The van der Waals surface area contributed by atoms with Crippen LogP contribution in [0.3, 0.4) is 0 Å². The summed E-state index contributed by atoms with van der Waals surface area (Å²) in [5, 5.41) is 5.53.